The van der Waals surface area contributed by atoms with Crippen molar-refractivity contribution in [2.75, 3.05) is 33.3 Å². The highest BCUT2D eigenvalue weighted by molar-refractivity contribution is 7.89. The third-order valence-corrected chi connectivity index (χ3v) is 7.98. The standard InChI is InChI=1S/C26H33FN2O4S/c1-5-14-28(4)17-25-19(2)16-29(20(3)18-30)34(31,32)26-13-10-22(15-24(26)33-25)7-6-21-8-11-23(27)12-9-21/h8-13,15,19-20,25,30H,5,14,16-18H2,1-4H3/t19-,20-,25+/m1/s1. The molecule has 2 aromatic rings. The van der Waals surface area contributed by atoms with Crippen molar-refractivity contribution in [1.29, 1.82) is 0 Å². The van der Waals surface area contributed by atoms with Crippen molar-refractivity contribution >= 4 is 10.0 Å². The van der Waals surface area contributed by atoms with Crippen molar-refractivity contribution in [1.82, 2.24) is 9.21 Å². The number of nitrogens with zero attached hydrogens (tertiary/aromatic N) is 2. The molecule has 0 spiro atoms. The summed E-state index contributed by atoms with van der Waals surface area (Å²) >= 11 is 0. The third-order valence-electron chi connectivity index (χ3n) is 5.96. The average Bonchev–Trinajstić information content (AvgIpc) is 2.80. The van der Waals surface area contributed by atoms with Gasteiger partial charge in [-0.15, -0.1) is 0 Å². The molecule has 3 atom stereocenters. The van der Waals surface area contributed by atoms with Crippen LogP contribution in [0.2, 0.25) is 0 Å². The molecular formula is C26H33FN2O4S. The molecule has 0 bridgehead atoms. The third kappa shape index (κ3) is 6.16. The molecule has 0 saturated carbocycles. The Hall–Kier alpha value is -2.44. The lowest BCUT2D eigenvalue weighted by Gasteiger charge is -2.37. The molecule has 0 saturated heterocycles. The van der Waals surface area contributed by atoms with Gasteiger partial charge in [0, 0.05) is 36.2 Å². The van der Waals surface area contributed by atoms with E-state index in [9.17, 15) is 17.9 Å². The van der Waals surface area contributed by atoms with Crippen LogP contribution in [0.3, 0.4) is 0 Å². The fourth-order valence-corrected chi connectivity index (χ4v) is 5.80. The summed E-state index contributed by atoms with van der Waals surface area (Å²) in [6, 6.07) is 10.1. The highest BCUT2D eigenvalue weighted by atomic mass is 32.2. The number of fused-ring (bicyclic) bond motifs is 1. The first-order valence-corrected chi connectivity index (χ1v) is 13.0. The van der Waals surface area contributed by atoms with E-state index in [1.54, 1.807) is 31.2 Å². The number of rotatable bonds is 6. The van der Waals surface area contributed by atoms with Crippen LogP contribution < -0.4 is 4.74 Å². The van der Waals surface area contributed by atoms with E-state index in [0.29, 0.717) is 17.7 Å². The maximum Gasteiger partial charge on any atom is 0.247 e. The van der Waals surface area contributed by atoms with Crippen molar-refractivity contribution in [2.24, 2.45) is 5.92 Å². The molecule has 1 N–H and O–H groups in total. The Balaban J connectivity index is 2.04. The second-order valence-electron chi connectivity index (χ2n) is 8.92. The maximum atomic E-state index is 13.5. The summed E-state index contributed by atoms with van der Waals surface area (Å²) in [6.07, 6.45) is 0.749. The largest absolute Gasteiger partial charge is 0.487 e. The number of hydrogen-bond donors (Lipinski definition) is 1. The van der Waals surface area contributed by atoms with Crippen molar-refractivity contribution in [3.05, 3.63) is 59.4 Å². The molecule has 0 fully saturated rings. The van der Waals surface area contributed by atoms with Crippen LogP contribution in [0.25, 0.3) is 0 Å². The van der Waals surface area contributed by atoms with E-state index in [1.807, 2.05) is 14.0 Å². The number of benzene rings is 2. The number of hydrogen-bond acceptors (Lipinski definition) is 5. The van der Waals surface area contributed by atoms with Gasteiger partial charge in [-0.25, -0.2) is 12.8 Å². The summed E-state index contributed by atoms with van der Waals surface area (Å²) in [4.78, 5) is 2.24. The number of likely N-dealkylation sites (N-methyl/N-ethyl adjacent to an activating group) is 1. The summed E-state index contributed by atoms with van der Waals surface area (Å²) in [7, 11) is -1.87. The van der Waals surface area contributed by atoms with E-state index in [4.69, 9.17) is 4.74 Å². The van der Waals surface area contributed by atoms with Gasteiger partial charge in [-0.05, 0) is 69.4 Å². The molecule has 0 amide bonds. The van der Waals surface area contributed by atoms with Crippen molar-refractivity contribution in [2.45, 2.75) is 44.2 Å². The predicted octanol–water partition coefficient (Wildman–Crippen LogP) is 3.34. The maximum absolute atomic E-state index is 13.5. The molecule has 3 rings (SSSR count). The SMILES string of the molecule is CCCN(C)C[C@@H]1Oc2cc(C#Cc3ccc(F)cc3)ccc2S(=O)(=O)N([C@H](C)CO)C[C@H]1C. The minimum Gasteiger partial charge on any atom is -0.487 e. The van der Waals surface area contributed by atoms with Crippen LogP contribution in [0.5, 0.6) is 5.75 Å². The van der Waals surface area contributed by atoms with Gasteiger partial charge in [0.25, 0.3) is 0 Å². The van der Waals surface area contributed by atoms with Crippen molar-refractivity contribution < 1.29 is 22.7 Å². The first-order valence-electron chi connectivity index (χ1n) is 11.5. The van der Waals surface area contributed by atoms with Gasteiger partial charge in [-0.2, -0.15) is 4.31 Å². The Kier molecular flexibility index (Phi) is 8.72. The van der Waals surface area contributed by atoms with Crippen LogP contribution in [-0.4, -0.2) is 68.2 Å². The topological polar surface area (TPSA) is 70.1 Å². The van der Waals surface area contributed by atoms with Crippen LogP contribution in [0.15, 0.2) is 47.4 Å². The molecule has 0 radical (unpaired) electrons. The fourth-order valence-electron chi connectivity index (χ4n) is 3.98. The Labute approximate surface area is 202 Å². The van der Waals surface area contributed by atoms with Gasteiger partial charge < -0.3 is 14.7 Å². The predicted molar refractivity (Wildman–Crippen MR) is 131 cm³/mol. The van der Waals surface area contributed by atoms with E-state index in [1.165, 1.54) is 22.5 Å². The number of halogens is 1. The van der Waals surface area contributed by atoms with Gasteiger partial charge in [-0.1, -0.05) is 25.7 Å². The second-order valence-corrected chi connectivity index (χ2v) is 10.8. The molecule has 1 aliphatic heterocycles. The Morgan fingerprint density at radius 1 is 1.21 bits per heavy atom. The summed E-state index contributed by atoms with van der Waals surface area (Å²) in [5.74, 6) is 5.80. The number of ether oxygens (including phenoxy) is 1. The van der Waals surface area contributed by atoms with Gasteiger partial charge in [0.2, 0.25) is 10.0 Å². The smallest absolute Gasteiger partial charge is 0.247 e. The lowest BCUT2D eigenvalue weighted by Crippen LogP contribution is -2.49. The zero-order valence-corrected chi connectivity index (χ0v) is 21.0. The molecule has 6 nitrogen and oxygen atoms in total. The minimum atomic E-state index is -3.89. The first kappa shape index (κ1) is 26.2. The molecular weight excluding hydrogens is 455 g/mol. The monoisotopic (exact) mass is 488 g/mol. The van der Waals surface area contributed by atoms with E-state index >= 15 is 0 Å². The number of sulfonamides is 1. The molecule has 0 aromatic heterocycles. The van der Waals surface area contributed by atoms with Gasteiger partial charge in [0.1, 0.15) is 22.6 Å². The van der Waals surface area contributed by atoms with Crippen LogP contribution >= 0.6 is 0 Å². The molecule has 34 heavy (non-hydrogen) atoms. The van der Waals surface area contributed by atoms with Crippen molar-refractivity contribution in [3.8, 4) is 17.6 Å². The summed E-state index contributed by atoms with van der Waals surface area (Å²) in [5.41, 5.74) is 1.24. The lowest BCUT2D eigenvalue weighted by molar-refractivity contribution is 0.0752. The summed E-state index contributed by atoms with van der Waals surface area (Å²) in [5, 5.41) is 9.75. The molecule has 184 valence electrons. The van der Waals surface area contributed by atoms with Crippen LogP contribution in [0.1, 0.15) is 38.3 Å². The normalized spacial score (nSPS) is 20.9. The van der Waals surface area contributed by atoms with E-state index in [0.717, 1.165) is 13.0 Å². The van der Waals surface area contributed by atoms with Crippen LogP contribution in [-0.2, 0) is 10.0 Å². The van der Waals surface area contributed by atoms with Gasteiger partial charge in [0.15, 0.2) is 0 Å². The van der Waals surface area contributed by atoms with E-state index in [-0.39, 0.29) is 41.6 Å². The van der Waals surface area contributed by atoms with Crippen LogP contribution in [0, 0.1) is 23.6 Å². The molecule has 0 unspecified atom stereocenters. The second kappa shape index (κ2) is 11.3. The van der Waals surface area contributed by atoms with E-state index in [2.05, 4.69) is 23.7 Å². The Morgan fingerprint density at radius 3 is 2.50 bits per heavy atom. The number of aliphatic hydroxyl groups is 1. The van der Waals surface area contributed by atoms with Gasteiger partial charge in [-0.3, -0.25) is 0 Å². The zero-order valence-electron chi connectivity index (χ0n) is 20.2. The highest BCUT2D eigenvalue weighted by Gasteiger charge is 2.38. The zero-order chi connectivity index (χ0) is 24.9. The molecule has 2 aromatic carbocycles. The lowest BCUT2D eigenvalue weighted by atomic mass is 10.0. The highest BCUT2D eigenvalue weighted by Crippen LogP contribution is 2.34. The summed E-state index contributed by atoms with van der Waals surface area (Å²) < 4.78 is 47.9. The van der Waals surface area contributed by atoms with Gasteiger partial charge in [0.05, 0.1) is 6.61 Å². The van der Waals surface area contributed by atoms with Crippen molar-refractivity contribution in [3.63, 3.8) is 0 Å². The summed E-state index contributed by atoms with van der Waals surface area (Å²) in [6.45, 7) is 7.30. The van der Waals surface area contributed by atoms with Crippen LogP contribution in [0.4, 0.5) is 4.39 Å². The molecule has 1 aliphatic rings. The fraction of sp³-hybridized carbons (Fsp3) is 0.462. The molecule has 8 heteroatoms. The molecule has 1 heterocycles. The molecule has 0 aliphatic carbocycles. The quantitative estimate of drug-likeness (QED) is 0.632. The first-order chi connectivity index (χ1) is 16.1. The Bertz CT molecular complexity index is 1140. The van der Waals surface area contributed by atoms with E-state index < -0.39 is 16.1 Å². The van der Waals surface area contributed by atoms with Gasteiger partial charge >= 0.3 is 0 Å². The Morgan fingerprint density at radius 2 is 1.85 bits per heavy atom. The minimum absolute atomic E-state index is 0.0650. The average molecular weight is 489 g/mol. The number of aliphatic hydroxyl groups excluding tert-OH is 1.